The van der Waals surface area contributed by atoms with Gasteiger partial charge in [-0.3, -0.25) is 0 Å². The summed E-state index contributed by atoms with van der Waals surface area (Å²) in [6.45, 7) is 0.101. The van der Waals surface area contributed by atoms with Gasteiger partial charge in [0.2, 0.25) is 0 Å². The van der Waals surface area contributed by atoms with Crippen LogP contribution >= 0.6 is 23.4 Å². The Labute approximate surface area is 113 Å². The lowest BCUT2D eigenvalue weighted by Crippen LogP contribution is -2.15. The molecule has 2 rings (SSSR count). The average molecular weight is 291 g/mol. The second kappa shape index (κ2) is 5.91. The van der Waals surface area contributed by atoms with Gasteiger partial charge in [0.25, 0.3) is 0 Å². The Morgan fingerprint density at radius 3 is 2.72 bits per heavy atom. The summed E-state index contributed by atoms with van der Waals surface area (Å²) in [6.07, 6.45) is -1.03. The molecule has 0 aromatic heterocycles. The van der Waals surface area contributed by atoms with Crippen LogP contribution in [-0.4, -0.2) is 34.5 Å². The third kappa shape index (κ3) is 3.37. The number of rotatable bonds is 3. The second-order valence-corrected chi connectivity index (χ2v) is 5.86. The van der Waals surface area contributed by atoms with E-state index in [1.165, 1.54) is 0 Å². The number of ether oxygens (including phenoxy) is 1. The Morgan fingerprint density at radius 2 is 2.17 bits per heavy atom. The summed E-state index contributed by atoms with van der Waals surface area (Å²) in [5.74, 6) is -0.468. The van der Waals surface area contributed by atoms with Crippen LogP contribution in [0.15, 0.2) is 24.3 Å². The van der Waals surface area contributed by atoms with E-state index in [0.717, 1.165) is 11.8 Å². The van der Waals surface area contributed by atoms with Crippen molar-refractivity contribution in [3.05, 3.63) is 34.9 Å². The highest BCUT2D eigenvalue weighted by atomic mass is 35.5. The Morgan fingerprint density at radius 1 is 1.50 bits per heavy atom. The number of hydrogen-bond donors (Lipinski definition) is 1. The number of benzene rings is 1. The molecule has 18 heavy (non-hydrogen) atoms. The summed E-state index contributed by atoms with van der Waals surface area (Å²) >= 11 is 6.80. The van der Waals surface area contributed by atoms with Crippen molar-refractivity contribution in [2.24, 2.45) is 0 Å². The van der Waals surface area contributed by atoms with Crippen molar-refractivity contribution in [2.75, 3.05) is 6.61 Å². The van der Waals surface area contributed by atoms with Gasteiger partial charge in [-0.2, -0.15) is 0 Å². The van der Waals surface area contributed by atoms with E-state index in [2.05, 4.69) is 0 Å². The first-order valence-corrected chi connectivity index (χ1v) is 6.78. The minimum atomic E-state index is -1.24. The number of halogens is 2. The van der Waals surface area contributed by atoms with Crippen molar-refractivity contribution in [3.8, 4) is 0 Å². The van der Waals surface area contributed by atoms with Crippen molar-refractivity contribution < 1.29 is 19.0 Å². The molecule has 0 radical (unpaired) electrons. The largest absolute Gasteiger partial charge is 0.461 e. The van der Waals surface area contributed by atoms with Crippen molar-refractivity contribution >= 4 is 29.3 Å². The zero-order chi connectivity index (χ0) is 13.1. The molecule has 0 saturated carbocycles. The molecule has 0 spiro atoms. The highest BCUT2D eigenvalue weighted by Gasteiger charge is 2.34. The molecule has 1 aliphatic heterocycles. The van der Waals surface area contributed by atoms with Gasteiger partial charge >= 0.3 is 5.97 Å². The highest BCUT2D eigenvalue weighted by molar-refractivity contribution is 8.00. The minimum Gasteiger partial charge on any atom is -0.461 e. The van der Waals surface area contributed by atoms with Gasteiger partial charge < -0.3 is 9.84 Å². The monoisotopic (exact) mass is 290 g/mol. The van der Waals surface area contributed by atoms with Gasteiger partial charge in [-0.1, -0.05) is 11.6 Å². The van der Waals surface area contributed by atoms with Crippen LogP contribution in [0.4, 0.5) is 4.39 Å². The molecule has 1 aromatic carbocycles. The van der Waals surface area contributed by atoms with Gasteiger partial charge in [-0.05, 0) is 30.7 Å². The summed E-state index contributed by atoms with van der Waals surface area (Å²) in [5, 5.41) is 9.57. The van der Waals surface area contributed by atoms with Crippen LogP contribution in [0.25, 0.3) is 0 Å². The molecule has 1 aromatic rings. The third-order valence-corrected chi connectivity index (χ3v) is 4.15. The lowest BCUT2D eigenvalue weighted by Gasteiger charge is -2.09. The quantitative estimate of drug-likeness (QED) is 0.870. The first kappa shape index (κ1) is 13.6. The molecule has 0 amide bonds. The summed E-state index contributed by atoms with van der Waals surface area (Å²) in [5.41, 5.74) is -0.607. The zero-order valence-electron chi connectivity index (χ0n) is 9.38. The molecule has 1 unspecified atom stereocenters. The van der Waals surface area contributed by atoms with Crippen LogP contribution in [0.2, 0.25) is 5.02 Å². The summed E-state index contributed by atoms with van der Waals surface area (Å²) in [7, 11) is 0. The number of hydrogen-bond acceptors (Lipinski definition) is 4. The van der Waals surface area contributed by atoms with Gasteiger partial charge in [0.05, 0.1) is 5.56 Å². The second-order valence-electron chi connectivity index (χ2n) is 4.01. The molecule has 1 aliphatic rings. The van der Waals surface area contributed by atoms with Crippen LogP contribution in [-0.2, 0) is 4.74 Å². The van der Waals surface area contributed by atoms with Crippen LogP contribution in [0.5, 0.6) is 0 Å². The molecule has 98 valence electrons. The van der Waals surface area contributed by atoms with E-state index in [1.54, 1.807) is 24.3 Å². The van der Waals surface area contributed by atoms with Gasteiger partial charge in [0.15, 0.2) is 0 Å². The van der Waals surface area contributed by atoms with E-state index in [4.69, 9.17) is 16.3 Å². The van der Waals surface area contributed by atoms with Crippen molar-refractivity contribution in [3.63, 3.8) is 0 Å². The molecule has 1 heterocycles. The minimum absolute atomic E-state index is 0.101. The lowest BCUT2D eigenvalue weighted by molar-refractivity contribution is 0.0498. The fraction of sp³-hybridized carbons (Fsp3) is 0.417. The number of esters is 1. The van der Waals surface area contributed by atoms with E-state index in [-0.39, 0.29) is 18.3 Å². The molecule has 0 bridgehead atoms. The zero-order valence-corrected chi connectivity index (χ0v) is 11.0. The van der Waals surface area contributed by atoms with Crippen molar-refractivity contribution in [1.82, 2.24) is 0 Å². The standard InChI is InChI=1S/C12H12ClFO3S/c13-8-3-1-7(2-4-8)11(15)17-6-9-5-10(14)12(16)18-9/h1-4,9-10,12,16H,5-6H2/t9-,10-,12?/m0/s1. The number of carbonyl (C=O) groups excluding carboxylic acids is 1. The molecule has 1 N–H and O–H groups in total. The predicted octanol–water partition coefficient (Wildman–Crippen LogP) is 2.66. The smallest absolute Gasteiger partial charge is 0.338 e. The molecule has 6 heteroatoms. The maximum Gasteiger partial charge on any atom is 0.338 e. The van der Waals surface area contributed by atoms with Crippen LogP contribution in [0.1, 0.15) is 16.8 Å². The first-order chi connectivity index (χ1) is 8.56. The van der Waals surface area contributed by atoms with E-state index in [1.807, 2.05) is 0 Å². The highest BCUT2D eigenvalue weighted by Crippen LogP contribution is 2.34. The molecule has 1 saturated heterocycles. The maximum atomic E-state index is 13.0. The summed E-state index contributed by atoms with van der Waals surface area (Å²) in [6, 6.07) is 6.34. The number of carbonyl (C=O) groups is 1. The number of thioether (sulfide) groups is 1. The summed E-state index contributed by atoms with van der Waals surface area (Å²) < 4.78 is 18.1. The van der Waals surface area contributed by atoms with Crippen LogP contribution in [0, 0.1) is 0 Å². The SMILES string of the molecule is O=C(OC[C@@H]1C[C@H](F)C(O)S1)c1ccc(Cl)cc1. The molecular formula is C12H12ClFO3S. The Bertz CT molecular complexity index is 416. The third-order valence-electron chi connectivity index (χ3n) is 2.61. The molecule has 3 nitrogen and oxygen atoms in total. The number of aliphatic hydroxyl groups is 1. The summed E-state index contributed by atoms with van der Waals surface area (Å²) in [4.78, 5) is 11.6. The van der Waals surface area contributed by atoms with Crippen LogP contribution < -0.4 is 0 Å². The topological polar surface area (TPSA) is 46.5 Å². The average Bonchev–Trinajstić information content (AvgIpc) is 2.67. The fourth-order valence-electron chi connectivity index (χ4n) is 1.65. The maximum absolute atomic E-state index is 13.0. The molecule has 1 fully saturated rings. The Kier molecular flexibility index (Phi) is 4.48. The van der Waals surface area contributed by atoms with Gasteiger partial charge in [-0.25, -0.2) is 9.18 Å². The van der Waals surface area contributed by atoms with Gasteiger partial charge in [0.1, 0.15) is 18.2 Å². The van der Waals surface area contributed by atoms with E-state index < -0.39 is 17.6 Å². The molecule has 0 aliphatic carbocycles. The molecular weight excluding hydrogens is 279 g/mol. The van der Waals surface area contributed by atoms with Gasteiger partial charge in [0, 0.05) is 10.3 Å². The van der Waals surface area contributed by atoms with E-state index >= 15 is 0 Å². The van der Waals surface area contributed by atoms with Crippen molar-refractivity contribution in [1.29, 1.82) is 0 Å². The van der Waals surface area contributed by atoms with Gasteiger partial charge in [-0.15, -0.1) is 11.8 Å². The lowest BCUT2D eigenvalue weighted by atomic mass is 10.2. The van der Waals surface area contributed by atoms with Crippen molar-refractivity contribution in [2.45, 2.75) is 23.3 Å². The van der Waals surface area contributed by atoms with Crippen LogP contribution in [0.3, 0.4) is 0 Å². The molecule has 3 atom stereocenters. The first-order valence-electron chi connectivity index (χ1n) is 5.46. The predicted molar refractivity (Wildman–Crippen MR) is 68.6 cm³/mol. The van der Waals surface area contributed by atoms with E-state index in [0.29, 0.717) is 10.6 Å². The Hall–Kier alpha value is -0.780. The number of aliphatic hydroxyl groups excluding tert-OH is 1. The number of alkyl halides is 1. The normalized spacial score (nSPS) is 27.2. The van der Waals surface area contributed by atoms with E-state index in [9.17, 15) is 14.3 Å². The fourth-order valence-corrected chi connectivity index (χ4v) is 2.89. The Balaban J connectivity index is 1.84.